The fraction of sp³-hybridized carbons (Fsp3) is 0.240. The highest BCUT2D eigenvalue weighted by molar-refractivity contribution is 7.89. The van der Waals surface area contributed by atoms with Gasteiger partial charge in [0.05, 0.1) is 11.6 Å². The Morgan fingerprint density at radius 3 is 2.81 bits per heavy atom. The maximum Gasteiger partial charge on any atom is 0.226 e. The molecule has 2 unspecified atom stereocenters. The summed E-state index contributed by atoms with van der Waals surface area (Å²) in [5.74, 6) is 0.408. The molecule has 3 heterocycles. The molecule has 3 N–H and O–H groups in total. The zero-order valence-electron chi connectivity index (χ0n) is 19.3. The van der Waals surface area contributed by atoms with E-state index in [9.17, 15) is 13.2 Å². The zero-order chi connectivity index (χ0) is 25.4. The van der Waals surface area contributed by atoms with Crippen molar-refractivity contribution in [3.05, 3.63) is 77.7 Å². The van der Waals surface area contributed by atoms with Gasteiger partial charge < -0.3 is 15.5 Å². The summed E-state index contributed by atoms with van der Waals surface area (Å²) < 4.78 is 28.6. The van der Waals surface area contributed by atoms with Crippen LogP contribution in [0.1, 0.15) is 16.5 Å². The van der Waals surface area contributed by atoms with Gasteiger partial charge in [-0.15, -0.1) is 6.58 Å². The number of nitrogens with two attached hydrogens (primary N) is 1. The molecule has 186 valence electrons. The average Bonchev–Trinajstić information content (AvgIpc) is 3.27. The van der Waals surface area contributed by atoms with Gasteiger partial charge in [-0.1, -0.05) is 29.8 Å². The molecule has 1 aliphatic rings. The number of carbonyl (C=O) groups is 1. The van der Waals surface area contributed by atoms with E-state index in [-0.39, 0.29) is 13.1 Å². The fourth-order valence-corrected chi connectivity index (χ4v) is 6.56. The van der Waals surface area contributed by atoms with Crippen molar-refractivity contribution in [2.24, 2.45) is 0 Å². The van der Waals surface area contributed by atoms with Gasteiger partial charge in [0.15, 0.2) is 0 Å². The van der Waals surface area contributed by atoms with E-state index in [1.807, 2.05) is 29.2 Å². The van der Waals surface area contributed by atoms with Crippen LogP contribution in [0.5, 0.6) is 0 Å². The first-order valence-corrected chi connectivity index (χ1v) is 13.3. The van der Waals surface area contributed by atoms with E-state index in [0.717, 1.165) is 33.7 Å². The van der Waals surface area contributed by atoms with E-state index in [0.29, 0.717) is 29.6 Å². The summed E-state index contributed by atoms with van der Waals surface area (Å²) in [7, 11) is -3.82. The number of hydrogen-bond donors (Lipinski definition) is 2. The average molecular weight is 525 g/mol. The molecule has 2 aromatic heterocycles. The Kier molecular flexibility index (Phi) is 6.52. The van der Waals surface area contributed by atoms with Crippen LogP contribution in [0, 0.1) is 0 Å². The van der Waals surface area contributed by atoms with Crippen LogP contribution in [0.4, 0.5) is 5.82 Å². The van der Waals surface area contributed by atoms with Crippen molar-refractivity contribution in [3.63, 3.8) is 0 Å². The number of benzene rings is 2. The number of sulfonamides is 1. The minimum Gasteiger partial charge on any atom is -0.383 e. The summed E-state index contributed by atoms with van der Waals surface area (Å²) in [6.07, 6.45) is 3.63. The molecule has 0 amide bonds. The number of rotatable bonds is 7. The number of aldehydes is 1. The van der Waals surface area contributed by atoms with Crippen LogP contribution in [-0.4, -0.2) is 64.5 Å². The molecule has 0 radical (unpaired) electrons. The minimum absolute atomic E-state index is 0.0604. The molecule has 0 bridgehead atoms. The van der Waals surface area contributed by atoms with Crippen LogP contribution in [-0.2, 0) is 21.4 Å². The summed E-state index contributed by atoms with van der Waals surface area (Å²) in [6, 6.07) is 12.2. The first-order valence-electron chi connectivity index (χ1n) is 11.4. The van der Waals surface area contributed by atoms with Crippen molar-refractivity contribution in [2.75, 3.05) is 25.4 Å². The van der Waals surface area contributed by atoms with Crippen molar-refractivity contribution >= 4 is 55.5 Å². The Hall–Kier alpha value is -3.31. The van der Waals surface area contributed by atoms with Crippen molar-refractivity contribution < 1.29 is 13.2 Å². The molecule has 1 aliphatic heterocycles. The summed E-state index contributed by atoms with van der Waals surface area (Å²) in [4.78, 5) is 25.4. The van der Waals surface area contributed by atoms with Gasteiger partial charge in [-0.3, -0.25) is 4.90 Å². The molecular formula is C25H25ClN6O3S. The molecule has 9 nitrogen and oxygen atoms in total. The molecule has 2 aromatic carbocycles. The third-order valence-corrected chi connectivity index (χ3v) is 8.95. The minimum atomic E-state index is -3.82. The van der Waals surface area contributed by atoms with Gasteiger partial charge in [0, 0.05) is 47.8 Å². The lowest BCUT2D eigenvalue weighted by molar-refractivity contribution is -0.114. The van der Waals surface area contributed by atoms with Gasteiger partial charge in [-0.25, -0.2) is 18.4 Å². The van der Waals surface area contributed by atoms with Gasteiger partial charge in [0.1, 0.15) is 23.7 Å². The number of nitrogens with one attached hydrogen (secondary N) is 1. The molecule has 11 heteroatoms. The number of nitrogens with zero attached hydrogens (tertiary/aromatic N) is 4. The molecule has 5 rings (SSSR count). The van der Waals surface area contributed by atoms with E-state index in [4.69, 9.17) is 17.3 Å². The number of nitrogen functional groups attached to an aromatic ring is 1. The van der Waals surface area contributed by atoms with E-state index in [1.54, 1.807) is 18.2 Å². The number of fused-ring (bicyclic) bond motifs is 2. The van der Waals surface area contributed by atoms with Crippen LogP contribution in [0.3, 0.4) is 0 Å². The molecular weight excluding hydrogens is 500 g/mol. The van der Waals surface area contributed by atoms with Crippen LogP contribution in [0.2, 0.25) is 5.02 Å². The highest BCUT2D eigenvalue weighted by Gasteiger charge is 2.38. The Balaban J connectivity index is 1.35. The van der Waals surface area contributed by atoms with E-state index < -0.39 is 21.3 Å². The summed E-state index contributed by atoms with van der Waals surface area (Å²) >= 11 is 6.08. The standard InChI is InChI=1S/C25H25ClN6O3S/c1-2-24(23-10-17-4-5-18(26)11-21(17)30-23)36(34,35)32-8-7-31(19(13-32)14-33)12-16-3-6-20-22(9-16)28-15-29-25(20)27/h2-6,9-11,14-15,19,24,30H,1,7-8,12-13H2,(H2,27,28,29). The van der Waals surface area contributed by atoms with Gasteiger partial charge in [-0.05, 0) is 41.3 Å². The number of halogens is 1. The third kappa shape index (κ3) is 4.48. The molecule has 0 saturated carbocycles. The normalized spacial score (nSPS) is 18.4. The Morgan fingerprint density at radius 2 is 2.03 bits per heavy atom. The zero-order valence-corrected chi connectivity index (χ0v) is 20.9. The highest BCUT2D eigenvalue weighted by Crippen LogP contribution is 2.31. The lowest BCUT2D eigenvalue weighted by Crippen LogP contribution is -2.55. The molecule has 36 heavy (non-hydrogen) atoms. The van der Waals surface area contributed by atoms with Crippen molar-refractivity contribution in [2.45, 2.75) is 17.8 Å². The van der Waals surface area contributed by atoms with Crippen LogP contribution >= 0.6 is 11.6 Å². The first kappa shape index (κ1) is 24.4. The van der Waals surface area contributed by atoms with Gasteiger partial charge in [0.2, 0.25) is 10.0 Å². The molecule has 4 aromatic rings. The van der Waals surface area contributed by atoms with E-state index in [1.165, 1.54) is 16.7 Å². The molecule has 0 spiro atoms. The summed E-state index contributed by atoms with van der Waals surface area (Å²) in [6.45, 7) is 4.97. The number of carbonyl (C=O) groups excluding carboxylic acids is 1. The topological polar surface area (TPSA) is 125 Å². The number of aromatic amines is 1. The second-order valence-corrected chi connectivity index (χ2v) is 11.3. The maximum absolute atomic E-state index is 13.6. The van der Waals surface area contributed by atoms with Gasteiger partial charge in [-0.2, -0.15) is 4.31 Å². The lowest BCUT2D eigenvalue weighted by Gasteiger charge is -2.39. The van der Waals surface area contributed by atoms with Crippen molar-refractivity contribution in [3.8, 4) is 0 Å². The number of hydrogen-bond acceptors (Lipinski definition) is 7. The maximum atomic E-state index is 13.6. The van der Waals surface area contributed by atoms with Crippen LogP contribution < -0.4 is 5.73 Å². The smallest absolute Gasteiger partial charge is 0.226 e. The van der Waals surface area contributed by atoms with Gasteiger partial charge >= 0.3 is 0 Å². The third-order valence-electron chi connectivity index (χ3n) is 6.58. The largest absolute Gasteiger partial charge is 0.383 e. The predicted octanol–water partition coefficient (Wildman–Crippen LogP) is 3.29. The number of piperazine rings is 1. The van der Waals surface area contributed by atoms with Crippen molar-refractivity contribution in [1.29, 1.82) is 0 Å². The number of anilines is 1. The SMILES string of the molecule is C=CC(c1cc2ccc(Cl)cc2[nH]1)S(=O)(=O)N1CCN(Cc2ccc3c(N)ncnc3c2)C(C=O)C1. The second kappa shape index (κ2) is 9.62. The fourth-order valence-electron chi connectivity index (χ4n) is 4.68. The Morgan fingerprint density at radius 1 is 1.19 bits per heavy atom. The molecule has 1 saturated heterocycles. The molecule has 2 atom stereocenters. The molecule has 0 aliphatic carbocycles. The summed E-state index contributed by atoms with van der Waals surface area (Å²) in [5, 5.41) is 1.20. The monoisotopic (exact) mass is 524 g/mol. The number of H-pyrrole nitrogens is 1. The highest BCUT2D eigenvalue weighted by atomic mass is 35.5. The van der Waals surface area contributed by atoms with E-state index in [2.05, 4.69) is 21.5 Å². The number of aromatic nitrogens is 3. The predicted molar refractivity (Wildman–Crippen MR) is 141 cm³/mol. The Labute approximate surface area is 213 Å². The van der Waals surface area contributed by atoms with Crippen molar-refractivity contribution in [1.82, 2.24) is 24.2 Å². The van der Waals surface area contributed by atoms with E-state index >= 15 is 0 Å². The lowest BCUT2D eigenvalue weighted by atomic mass is 10.1. The quantitative estimate of drug-likeness (QED) is 0.280. The second-order valence-electron chi connectivity index (χ2n) is 8.80. The first-order chi connectivity index (χ1) is 17.3. The van der Waals surface area contributed by atoms with Crippen LogP contribution in [0.25, 0.3) is 21.8 Å². The summed E-state index contributed by atoms with van der Waals surface area (Å²) in [5.41, 5.74) is 8.83. The van der Waals surface area contributed by atoms with Crippen LogP contribution in [0.15, 0.2) is 61.4 Å². The molecule has 1 fully saturated rings. The van der Waals surface area contributed by atoms with Gasteiger partial charge in [0.25, 0.3) is 0 Å². The Bertz CT molecular complexity index is 1570.